The van der Waals surface area contributed by atoms with E-state index >= 15 is 0 Å². The van der Waals surface area contributed by atoms with Gasteiger partial charge in [0.1, 0.15) is 5.56 Å². The molecule has 0 aromatic carbocycles. The summed E-state index contributed by atoms with van der Waals surface area (Å²) in [6, 6.07) is 3.27. The lowest BCUT2D eigenvalue weighted by Crippen LogP contribution is -2.33. The molecule has 7 heteroatoms. The summed E-state index contributed by atoms with van der Waals surface area (Å²) < 4.78 is 3.42. The Hall–Kier alpha value is -2.41. The van der Waals surface area contributed by atoms with Crippen molar-refractivity contribution < 1.29 is 4.79 Å². The van der Waals surface area contributed by atoms with Crippen molar-refractivity contribution in [2.45, 2.75) is 20.4 Å². The number of fused-ring (bicyclic) bond motifs is 1. The Labute approximate surface area is 137 Å². The molecule has 0 bridgehead atoms. The molecule has 3 rings (SSSR count). The van der Waals surface area contributed by atoms with Crippen LogP contribution in [0.15, 0.2) is 29.3 Å². The van der Waals surface area contributed by atoms with E-state index < -0.39 is 0 Å². The number of hydrogen-bond donors (Lipinski definition) is 0. The molecule has 0 spiro atoms. The number of pyridine rings is 1. The van der Waals surface area contributed by atoms with Gasteiger partial charge in [-0.1, -0.05) is 0 Å². The molecule has 0 N–H and O–H groups in total. The van der Waals surface area contributed by atoms with Crippen LogP contribution in [0, 0.1) is 13.8 Å². The van der Waals surface area contributed by atoms with Crippen molar-refractivity contribution in [1.82, 2.24) is 18.9 Å². The number of thiazole rings is 1. The van der Waals surface area contributed by atoms with Crippen molar-refractivity contribution >= 4 is 22.2 Å². The summed E-state index contributed by atoms with van der Waals surface area (Å²) >= 11 is 1.62. The maximum absolute atomic E-state index is 12.6. The van der Waals surface area contributed by atoms with Crippen molar-refractivity contribution in [3.05, 3.63) is 56.7 Å². The second-order valence-corrected chi connectivity index (χ2v) is 6.85. The van der Waals surface area contributed by atoms with Gasteiger partial charge in [-0.25, -0.2) is 4.98 Å². The molecule has 0 unspecified atom stereocenters. The molecule has 0 aliphatic rings. The summed E-state index contributed by atoms with van der Waals surface area (Å²) in [5, 5.41) is 0. The van der Waals surface area contributed by atoms with Gasteiger partial charge in [-0.3, -0.25) is 14.0 Å². The Morgan fingerprint density at radius 2 is 2.13 bits per heavy atom. The van der Waals surface area contributed by atoms with Crippen molar-refractivity contribution in [1.29, 1.82) is 0 Å². The predicted molar refractivity (Wildman–Crippen MR) is 90.0 cm³/mol. The Morgan fingerprint density at radius 1 is 1.39 bits per heavy atom. The number of amides is 1. The third-order valence-electron chi connectivity index (χ3n) is 3.83. The molecule has 6 nitrogen and oxygen atoms in total. The predicted octanol–water partition coefficient (Wildman–Crippen LogP) is 1.98. The molecule has 0 aliphatic heterocycles. The largest absolute Gasteiger partial charge is 0.336 e. The smallest absolute Gasteiger partial charge is 0.263 e. The highest BCUT2D eigenvalue weighted by molar-refractivity contribution is 7.17. The van der Waals surface area contributed by atoms with Gasteiger partial charge in [0.25, 0.3) is 11.5 Å². The lowest BCUT2D eigenvalue weighted by atomic mass is 10.2. The molecule has 0 fully saturated rings. The third kappa shape index (κ3) is 2.68. The molecule has 0 radical (unpaired) electrons. The topological polar surface area (TPSA) is 59.6 Å². The van der Waals surface area contributed by atoms with Crippen LogP contribution in [0.25, 0.3) is 4.96 Å². The second kappa shape index (κ2) is 5.66. The fraction of sp³-hybridized carbons (Fsp3) is 0.312. The van der Waals surface area contributed by atoms with E-state index in [1.807, 2.05) is 24.4 Å². The van der Waals surface area contributed by atoms with Crippen molar-refractivity contribution in [2.75, 3.05) is 7.05 Å². The number of hydrogen-bond acceptors (Lipinski definition) is 4. The van der Waals surface area contributed by atoms with Crippen LogP contribution >= 0.6 is 11.3 Å². The van der Waals surface area contributed by atoms with Gasteiger partial charge in [-0.2, -0.15) is 0 Å². The van der Waals surface area contributed by atoms with E-state index in [0.29, 0.717) is 6.54 Å². The summed E-state index contributed by atoms with van der Waals surface area (Å²) in [7, 11) is 3.34. The standard InChI is InChI=1S/C16H18N4O2S/c1-10-8-20-13(11(2)17-16(20)23-10)9-19(4)15(22)12-6-5-7-18(3)14(12)21/h5-8H,9H2,1-4H3. The number of nitrogens with zero attached hydrogens (tertiary/aromatic N) is 4. The first kappa shape index (κ1) is 15.5. The van der Waals surface area contributed by atoms with Crippen LogP contribution in [0.4, 0.5) is 0 Å². The minimum atomic E-state index is -0.286. The molecule has 23 heavy (non-hydrogen) atoms. The van der Waals surface area contributed by atoms with Gasteiger partial charge in [0.15, 0.2) is 4.96 Å². The second-order valence-electron chi connectivity index (χ2n) is 5.64. The molecular weight excluding hydrogens is 312 g/mol. The average Bonchev–Trinajstić information content (AvgIpc) is 2.98. The monoisotopic (exact) mass is 330 g/mol. The van der Waals surface area contributed by atoms with Gasteiger partial charge >= 0.3 is 0 Å². The Kier molecular flexibility index (Phi) is 3.81. The van der Waals surface area contributed by atoms with Crippen molar-refractivity contribution in [3.8, 4) is 0 Å². The summed E-state index contributed by atoms with van der Waals surface area (Å²) in [4.78, 5) is 32.9. The zero-order valence-corrected chi connectivity index (χ0v) is 14.3. The number of carbonyl (C=O) groups excluding carboxylic acids is 1. The van der Waals surface area contributed by atoms with Gasteiger partial charge in [-0.05, 0) is 26.0 Å². The lowest BCUT2D eigenvalue weighted by Gasteiger charge is -2.17. The number of carbonyl (C=O) groups is 1. The Morgan fingerprint density at radius 3 is 2.87 bits per heavy atom. The molecule has 0 atom stereocenters. The van der Waals surface area contributed by atoms with E-state index in [1.165, 1.54) is 9.44 Å². The normalized spacial score (nSPS) is 11.1. The van der Waals surface area contributed by atoms with E-state index in [2.05, 4.69) is 4.98 Å². The van der Waals surface area contributed by atoms with Crippen LogP contribution in [0.1, 0.15) is 26.6 Å². The van der Waals surface area contributed by atoms with E-state index in [-0.39, 0.29) is 17.0 Å². The SMILES string of the molecule is Cc1cn2c(CN(C)C(=O)c3cccn(C)c3=O)c(C)nc2s1. The Bertz CT molecular complexity index is 951. The van der Waals surface area contributed by atoms with Crippen LogP contribution in [0.2, 0.25) is 0 Å². The minimum absolute atomic E-state index is 0.178. The fourth-order valence-corrected chi connectivity index (χ4v) is 3.45. The number of aryl methyl sites for hydroxylation is 3. The quantitative estimate of drug-likeness (QED) is 0.738. The lowest BCUT2D eigenvalue weighted by molar-refractivity contribution is 0.0780. The first-order valence-electron chi connectivity index (χ1n) is 7.23. The molecule has 3 aromatic heterocycles. The summed E-state index contributed by atoms with van der Waals surface area (Å²) in [6.07, 6.45) is 3.66. The Balaban J connectivity index is 1.92. The first-order valence-corrected chi connectivity index (χ1v) is 8.05. The molecule has 3 aromatic rings. The van der Waals surface area contributed by atoms with Gasteiger partial charge in [0.2, 0.25) is 0 Å². The molecule has 0 saturated carbocycles. The highest BCUT2D eigenvalue weighted by Crippen LogP contribution is 2.21. The third-order valence-corrected chi connectivity index (χ3v) is 4.73. The summed E-state index contributed by atoms with van der Waals surface area (Å²) in [5.74, 6) is -0.285. The van der Waals surface area contributed by atoms with Crippen LogP contribution in [-0.2, 0) is 13.6 Å². The maximum Gasteiger partial charge on any atom is 0.263 e. The fourth-order valence-electron chi connectivity index (χ4n) is 2.56. The number of imidazole rings is 1. The van der Waals surface area contributed by atoms with Crippen molar-refractivity contribution in [3.63, 3.8) is 0 Å². The number of aromatic nitrogens is 3. The zero-order chi connectivity index (χ0) is 16.7. The van der Waals surface area contributed by atoms with Crippen molar-refractivity contribution in [2.24, 2.45) is 7.05 Å². The maximum atomic E-state index is 12.6. The number of rotatable bonds is 3. The average molecular weight is 330 g/mol. The van der Waals surface area contributed by atoms with E-state index in [4.69, 9.17) is 0 Å². The molecule has 3 heterocycles. The van der Waals surface area contributed by atoms with E-state index in [1.54, 1.807) is 48.7 Å². The van der Waals surface area contributed by atoms with Gasteiger partial charge in [-0.15, -0.1) is 11.3 Å². The van der Waals surface area contributed by atoms with Gasteiger partial charge < -0.3 is 9.47 Å². The van der Waals surface area contributed by atoms with Gasteiger partial charge in [0.05, 0.1) is 17.9 Å². The van der Waals surface area contributed by atoms with E-state index in [9.17, 15) is 9.59 Å². The summed E-state index contributed by atoms with van der Waals surface area (Å²) in [6.45, 7) is 4.37. The van der Waals surface area contributed by atoms with Gasteiger partial charge in [0, 0.05) is 31.4 Å². The first-order chi connectivity index (χ1) is 10.9. The molecular formula is C16H18N4O2S. The molecule has 120 valence electrons. The highest BCUT2D eigenvalue weighted by Gasteiger charge is 2.19. The van der Waals surface area contributed by atoms with E-state index in [0.717, 1.165) is 16.3 Å². The van der Waals surface area contributed by atoms with Crippen LogP contribution in [0.5, 0.6) is 0 Å². The summed E-state index contributed by atoms with van der Waals surface area (Å²) in [5.41, 5.74) is 1.76. The van der Waals surface area contributed by atoms with Crippen LogP contribution in [-0.4, -0.2) is 31.8 Å². The van der Waals surface area contributed by atoms with Crippen LogP contribution < -0.4 is 5.56 Å². The molecule has 1 amide bonds. The van der Waals surface area contributed by atoms with Crippen LogP contribution in [0.3, 0.4) is 0 Å². The zero-order valence-electron chi connectivity index (χ0n) is 13.5. The minimum Gasteiger partial charge on any atom is -0.336 e. The molecule has 0 aliphatic carbocycles. The molecule has 0 saturated heterocycles. The highest BCUT2D eigenvalue weighted by atomic mass is 32.1.